The molecule has 4 heteroatoms. The fraction of sp³-hybridized carbons (Fsp3) is 0.909. The van der Waals surface area contributed by atoms with Crippen molar-refractivity contribution in [2.75, 3.05) is 0 Å². The molecule has 3 unspecified atom stereocenters. The Kier molecular flexibility index (Phi) is 3.08. The van der Waals surface area contributed by atoms with E-state index in [1.165, 1.54) is 19.3 Å². The Labute approximate surface area is 160 Å². The van der Waals surface area contributed by atoms with E-state index in [0.29, 0.717) is 42.4 Å². The molecule has 8 fully saturated rings. The van der Waals surface area contributed by atoms with Crippen LogP contribution in [0.3, 0.4) is 0 Å². The van der Waals surface area contributed by atoms with Crippen molar-refractivity contribution in [3.8, 4) is 0 Å². The maximum Gasteiger partial charge on any atom is 0.311 e. The second-order valence-electron chi connectivity index (χ2n) is 11.2. The number of alkyl halides is 1. The summed E-state index contributed by atoms with van der Waals surface area (Å²) in [6.45, 7) is 0. The number of carbonyl (C=O) groups is 2. The van der Waals surface area contributed by atoms with Crippen LogP contribution in [-0.2, 0) is 9.59 Å². The van der Waals surface area contributed by atoms with Crippen molar-refractivity contribution >= 4 is 23.4 Å². The largest absolute Gasteiger partial charge is 0.481 e. The van der Waals surface area contributed by atoms with Gasteiger partial charge in [-0.3, -0.25) is 9.59 Å². The lowest BCUT2D eigenvalue weighted by Gasteiger charge is -2.65. The lowest BCUT2D eigenvalue weighted by Crippen LogP contribution is -2.71. The minimum atomic E-state index is -1.14. The maximum absolute atomic E-state index is 14.2. The molecule has 0 aromatic heterocycles. The summed E-state index contributed by atoms with van der Waals surface area (Å²) in [5.74, 6) is 2.47. The number of hydrogen-bond donors (Lipinski definition) is 1. The molecule has 8 saturated carbocycles. The monoisotopic (exact) mass is 376 g/mol. The third-order valence-electron chi connectivity index (χ3n) is 9.70. The van der Waals surface area contributed by atoms with Gasteiger partial charge in [-0.05, 0) is 106 Å². The summed E-state index contributed by atoms with van der Waals surface area (Å²) in [7, 11) is 0. The molecule has 3 atom stereocenters. The van der Waals surface area contributed by atoms with Crippen LogP contribution in [0.5, 0.6) is 0 Å². The van der Waals surface area contributed by atoms with Crippen LogP contribution >= 0.6 is 11.6 Å². The van der Waals surface area contributed by atoms with Gasteiger partial charge >= 0.3 is 5.97 Å². The van der Waals surface area contributed by atoms with Crippen molar-refractivity contribution in [3.05, 3.63) is 0 Å². The summed E-state index contributed by atoms with van der Waals surface area (Å²) in [6, 6.07) is 0. The minimum Gasteiger partial charge on any atom is -0.481 e. The number of aliphatic carboxylic acids is 1. The van der Waals surface area contributed by atoms with Gasteiger partial charge < -0.3 is 5.11 Å². The first-order valence-electron chi connectivity index (χ1n) is 10.8. The van der Waals surface area contributed by atoms with Gasteiger partial charge in [-0.15, -0.1) is 11.6 Å². The lowest BCUT2D eigenvalue weighted by atomic mass is 9.40. The molecule has 8 aliphatic carbocycles. The number of rotatable bonds is 3. The molecule has 3 nitrogen and oxygen atoms in total. The molecule has 0 aromatic carbocycles. The van der Waals surface area contributed by atoms with Gasteiger partial charge in [0, 0.05) is 5.41 Å². The summed E-state index contributed by atoms with van der Waals surface area (Å²) in [6.07, 6.45) is 11.2. The van der Waals surface area contributed by atoms with Crippen LogP contribution in [0.15, 0.2) is 0 Å². The van der Waals surface area contributed by atoms with Crippen molar-refractivity contribution in [2.24, 2.45) is 46.3 Å². The van der Waals surface area contributed by atoms with Crippen LogP contribution in [0, 0.1) is 46.3 Å². The molecule has 26 heavy (non-hydrogen) atoms. The minimum absolute atomic E-state index is 0.0898. The molecule has 0 heterocycles. The highest BCUT2D eigenvalue weighted by Crippen LogP contribution is 2.71. The van der Waals surface area contributed by atoms with Gasteiger partial charge in [-0.2, -0.15) is 0 Å². The van der Waals surface area contributed by atoms with Gasteiger partial charge in [0.25, 0.3) is 0 Å². The fourth-order valence-electron chi connectivity index (χ4n) is 9.49. The van der Waals surface area contributed by atoms with E-state index in [1.807, 2.05) is 0 Å². The van der Waals surface area contributed by atoms with Gasteiger partial charge in [0.05, 0.1) is 5.41 Å². The van der Waals surface area contributed by atoms with Crippen molar-refractivity contribution in [1.29, 1.82) is 0 Å². The molecule has 8 aliphatic rings. The Hall–Kier alpha value is -0.570. The zero-order valence-corrected chi connectivity index (χ0v) is 16.1. The molecule has 8 bridgehead atoms. The quantitative estimate of drug-likeness (QED) is 0.729. The van der Waals surface area contributed by atoms with E-state index < -0.39 is 16.3 Å². The number of carboxylic acid groups (broad SMARTS) is 1. The normalized spacial score (nSPS) is 59.0. The molecular formula is C22H29ClO3. The number of carboxylic acids is 1. The van der Waals surface area contributed by atoms with Crippen LogP contribution in [0.4, 0.5) is 0 Å². The standard InChI is InChI=1S/C22H29ClO3/c23-22(17-5-15-4-16(6-17)11-21(22,10-15)19(25)26)18(24)20-7-12-1-13(8-20)3-14(2-12)9-20/h12-17H,1-11H2,(H,25,26). The summed E-state index contributed by atoms with van der Waals surface area (Å²) in [4.78, 5) is 25.6. The average Bonchev–Trinajstić information content (AvgIpc) is 2.56. The molecule has 0 amide bonds. The van der Waals surface area contributed by atoms with E-state index in [2.05, 4.69) is 0 Å². The molecule has 0 aromatic rings. The number of halogens is 1. The second-order valence-corrected chi connectivity index (χ2v) is 11.8. The van der Waals surface area contributed by atoms with Gasteiger partial charge in [-0.1, -0.05) is 0 Å². The van der Waals surface area contributed by atoms with Crippen molar-refractivity contribution in [3.63, 3.8) is 0 Å². The van der Waals surface area contributed by atoms with Crippen LogP contribution in [-0.4, -0.2) is 21.7 Å². The summed E-state index contributed by atoms with van der Waals surface area (Å²) in [5, 5.41) is 10.3. The molecule has 0 spiro atoms. The summed E-state index contributed by atoms with van der Waals surface area (Å²) < 4.78 is 0. The highest BCUT2D eigenvalue weighted by Gasteiger charge is 2.74. The highest BCUT2D eigenvalue weighted by molar-refractivity contribution is 6.38. The Morgan fingerprint density at radius 2 is 1.15 bits per heavy atom. The molecule has 8 rings (SSSR count). The van der Waals surface area contributed by atoms with Gasteiger partial charge in [0.15, 0.2) is 5.78 Å². The topological polar surface area (TPSA) is 54.4 Å². The predicted molar refractivity (Wildman–Crippen MR) is 97.8 cm³/mol. The van der Waals surface area contributed by atoms with Gasteiger partial charge in [0.1, 0.15) is 4.87 Å². The van der Waals surface area contributed by atoms with E-state index in [1.54, 1.807) is 0 Å². The average molecular weight is 377 g/mol. The number of ketones is 1. The van der Waals surface area contributed by atoms with E-state index in [4.69, 9.17) is 11.6 Å². The molecule has 0 radical (unpaired) electrons. The zero-order valence-electron chi connectivity index (χ0n) is 15.4. The molecule has 0 aliphatic heterocycles. The first-order chi connectivity index (χ1) is 12.3. The molecular weight excluding hydrogens is 348 g/mol. The Bertz CT molecular complexity index is 650. The maximum atomic E-state index is 14.2. The number of hydrogen-bond acceptors (Lipinski definition) is 2. The predicted octanol–water partition coefficient (Wildman–Crippen LogP) is 4.66. The van der Waals surface area contributed by atoms with E-state index in [9.17, 15) is 14.7 Å². The van der Waals surface area contributed by atoms with E-state index in [-0.39, 0.29) is 17.1 Å². The second kappa shape index (κ2) is 4.88. The number of Topliss-reactive ketones (excluding diaryl/α,β-unsaturated/α-hetero) is 1. The van der Waals surface area contributed by atoms with Gasteiger partial charge in [-0.25, -0.2) is 0 Å². The summed E-state index contributed by atoms with van der Waals surface area (Å²) in [5.41, 5.74) is -1.29. The van der Waals surface area contributed by atoms with Crippen LogP contribution in [0.1, 0.15) is 70.6 Å². The Morgan fingerprint density at radius 3 is 1.58 bits per heavy atom. The van der Waals surface area contributed by atoms with Crippen molar-refractivity contribution in [2.45, 2.75) is 75.5 Å². The molecule has 1 N–H and O–H groups in total. The molecule has 0 saturated heterocycles. The first-order valence-corrected chi connectivity index (χ1v) is 11.2. The lowest BCUT2D eigenvalue weighted by molar-refractivity contribution is -0.184. The van der Waals surface area contributed by atoms with E-state index >= 15 is 0 Å². The third-order valence-corrected chi connectivity index (χ3v) is 10.5. The summed E-state index contributed by atoms with van der Waals surface area (Å²) >= 11 is 7.34. The zero-order chi connectivity index (χ0) is 17.9. The van der Waals surface area contributed by atoms with Crippen molar-refractivity contribution < 1.29 is 14.7 Å². The molecule has 142 valence electrons. The van der Waals surface area contributed by atoms with E-state index in [0.717, 1.165) is 38.5 Å². The fourth-order valence-corrected chi connectivity index (χ4v) is 10.1. The van der Waals surface area contributed by atoms with Gasteiger partial charge in [0.2, 0.25) is 0 Å². The smallest absolute Gasteiger partial charge is 0.311 e. The van der Waals surface area contributed by atoms with Crippen molar-refractivity contribution in [1.82, 2.24) is 0 Å². The third kappa shape index (κ3) is 1.78. The first kappa shape index (κ1) is 16.4. The van der Waals surface area contributed by atoms with Crippen LogP contribution in [0.2, 0.25) is 0 Å². The Balaban J connectivity index is 1.45. The highest BCUT2D eigenvalue weighted by atomic mass is 35.5. The van der Waals surface area contributed by atoms with Crippen LogP contribution in [0.25, 0.3) is 0 Å². The van der Waals surface area contributed by atoms with Crippen LogP contribution < -0.4 is 0 Å². The SMILES string of the molecule is O=C(O)C12CC3CC(CC(C3)C1(Cl)C(=O)C13CC4CC(CC(C4)C1)C3)C2. The number of carbonyl (C=O) groups excluding carboxylic acids is 1. The Morgan fingerprint density at radius 1 is 0.731 bits per heavy atom.